The molecule has 0 spiro atoms. The third kappa shape index (κ3) is 5.35. The summed E-state index contributed by atoms with van der Waals surface area (Å²) in [5, 5.41) is 0. The Hall–Kier alpha value is -0.520. The highest BCUT2D eigenvalue weighted by Crippen LogP contribution is 1.84. The van der Waals surface area contributed by atoms with Gasteiger partial charge in [0.1, 0.15) is 0 Å². The van der Waals surface area contributed by atoms with Gasteiger partial charge >= 0.3 is 0 Å². The molecule has 0 aliphatic heterocycles. The molecule has 9 heavy (non-hydrogen) atoms. The predicted octanol–water partition coefficient (Wildman–Crippen LogP) is 0.374. The lowest BCUT2D eigenvalue weighted by Gasteiger charge is -2.03. The van der Waals surface area contributed by atoms with Crippen molar-refractivity contribution in [2.24, 2.45) is 5.73 Å². The van der Waals surface area contributed by atoms with Crippen LogP contribution in [0.15, 0.2) is 0 Å². The Labute approximate surface area is 56.4 Å². The van der Waals surface area contributed by atoms with Gasteiger partial charge in [0.25, 0.3) is 0 Å². The monoisotopic (exact) mass is 127 g/mol. The Kier molecular flexibility index (Phi) is 5.29. The van der Waals surface area contributed by atoms with Crippen LogP contribution in [0, 0.1) is 11.8 Å². The Balaban J connectivity index is 3.22. The summed E-state index contributed by atoms with van der Waals surface area (Å²) in [6, 6.07) is 0.0717. The van der Waals surface area contributed by atoms with Crippen LogP contribution in [0.2, 0.25) is 0 Å². The molecule has 0 fully saturated rings. The molecule has 0 aromatic rings. The molecule has 1 unspecified atom stereocenters. The summed E-state index contributed by atoms with van der Waals surface area (Å²) in [5.41, 5.74) is 5.54. The minimum atomic E-state index is 0.0717. The van der Waals surface area contributed by atoms with E-state index in [0.717, 1.165) is 6.42 Å². The van der Waals surface area contributed by atoms with Gasteiger partial charge in [-0.1, -0.05) is 0 Å². The molecule has 0 bridgehead atoms. The lowest BCUT2D eigenvalue weighted by molar-refractivity contribution is 0.181. The smallest absolute Gasteiger partial charge is 0.0623 e. The zero-order valence-corrected chi connectivity index (χ0v) is 5.98. The summed E-state index contributed by atoms with van der Waals surface area (Å²) < 4.78 is 4.81. The summed E-state index contributed by atoms with van der Waals surface area (Å²) in [6.07, 6.45) is 0.727. The maximum Gasteiger partial charge on any atom is 0.0623 e. The average molecular weight is 127 g/mol. The second kappa shape index (κ2) is 5.61. The number of rotatable bonds is 3. The van der Waals surface area contributed by atoms with Crippen LogP contribution in [-0.4, -0.2) is 19.8 Å². The normalized spacial score (nSPS) is 11.9. The van der Waals surface area contributed by atoms with Gasteiger partial charge in [0.15, 0.2) is 0 Å². The first-order valence-electron chi connectivity index (χ1n) is 2.95. The van der Waals surface area contributed by atoms with E-state index in [9.17, 15) is 0 Å². The van der Waals surface area contributed by atoms with E-state index in [-0.39, 0.29) is 6.04 Å². The summed E-state index contributed by atoms with van der Waals surface area (Å²) in [5.74, 6) is 5.65. The summed E-state index contributed by atoms with van der Waals surface area (Å²) >= 11 is 0. The molecule has 2 N–H and O–H groups in total. The van der Waals surface area contributed by atoms with Gasteiger partial charge in [0.2, 0.25) is 0 Å². The van der Waals surface area contributed by atoms with Crippen molar-refractivity contribution in [2.45, 2.75) is 19.4 Å². The number of ether oxygens (including phenoxy) is 1. The maximum absolute atomic E-state index is 5.54. The van der Waals surface area contributed by atoms with Crippen LogP contribution in [0.4, 0.5) is 0 Å². The zero-order valence-electron chi connectivity index (χ0n) is 5.98. The fraction of sp³-hybridized carbons (Fsp3) is 0.714. The molecule has 0 rings (SSSR count). The van der Waals surface area contributed by atoms with Gasteiger partial charge in [0, 0.05) is 19.6 Å². The minimum Gasteiger partial charge on any atom is -0.383 e. The molecule has 1 atom stereocenters. The van der Waals surface area contributed by atoms with Crippen LogP contribution < -0.4 is 5.73 Å². The quantitative estimate of drug-likeness (QED) is 0.556. The first kappa shape index (κ1) is 8.48. The topological polar surface area (TPSA) is 35.2 Å². The predicted molar refractivity (Wildman–Crippen MR) is 37.9 cm³/mol. The standard InChI is InChI=1S/C7H13NO/c1-3-4-5-7(8)6-9-2/h7H,5-6,8H2,1-2H3. The molecule has 2 nitrogen and oxygen atoms in total. The lowest BCUT2D eigenvalue weighted by Crippen LogP contribution is -2.24. The molecule has 0 saturated heterocycles. The molecule has 52 valence electrons. The third-order valence-electron chi connectivity index (χ3n) is 0.922. The van der Waals surface area contributed by atoms with Gasteiger partial charge < -0.3 is 10.5 Å². The van der Waals surface area contributed by atoms with E-state index in [2.05, 4.69) is 11.8 Å². The number of hydrogen-bond donors (Lipinski definition) is 1. The van der Waals surface area contributed by atoms with Crippen LogP contribution >= 0.6 is 0 Å². The first-order chi connectivity index (χ1) is 4.31. The van der Waals surface area contributed by atoms with Crippen LogP contribution in [0.1, 0.15) is 13.3 Å². The first-order valence-corrected chi connectivity index (χ1v) is 2.95. The highest BCUT2D eigenvalue weighted by molar-refractivity contribution is 4.97. The molecular formula is C7H13NO. The van der Waals surface area contributed by atoms with Crippen molar-refractivity contribution < 1.29 is 4.74 Å². The lowest BCUT2D eigenvalue weighted by atomic mass is 10.2. The molecule has 0 aromatic heterocycles. The van der Waals surface area contributed by atoms with Crippen molar-refractivity contribution in [3.8, 4) is 11.8 Å². The molecule has 0 heterocycles. The van der Waals surface area contributed by atoms with E-state index in [4.69, 9.17) is 10.5 Å². The van der Waals surface area contributed by atoms with Gasteiger partial charge in [0.05, 0.1) is 6.61 Å². The van der Waals surface area contributed by atoms with E-state index < -0.39 is 0 Å². The second-order valence-electron chi connectivity index (χ2n) is 1.85. The van der Waals surface area contributed by atoms with Crippen LogP contribution in [0.3, 0.4) is 0 Å². The van der Waals surface area contributed by atoms with Gasteiger partial charge in [-0.05, 0) is 6.92 Å². The fourth-order valence-electron chi connectivity index (χ4n) is 0.506. The van der Waals surface area contributed by atoms with E-state index >= 15 is 0 Å². The second-order valence-corrected chi connectivity index (χ2v) is 1.85. The van der Waals surface area contributed by atoms with E-state index in [0.29, 0.717) is 6.61 Å². The van der Waals surface area contributed by atoms with E-state index in [1.807, 2.05) is 0 Å². The SMILES string of the molecule is CC#CCC(N)COC. The van der Waals surface area contributed by atoms with Crippen molar-refractivity contribution in [1.29, 1.82) is 0 Å². The average Bonchev–Trinajstić information content (AvgIpc) is 1.85. The van der Waals surface area contributed by atoms with Crippen LogP contribution in [-0.2, 0) is 4.74 Å². The molecule has 0 aliphatic rings. The van der Waals surface area contributed by atoms with Crippen molar-refractivity contribution in [1.82, 2.24) is 0 Å². The Bertz CT molecular complexity index is 112. The summed E-state index contributed by atoms with van der Waals surface area (Å²) in [7, 11) is 1.64. The van der Waals surface area contributed by atoms with Crippen molar-refractivity contribution in [2.75, 3.05) is 13.7 Å². The summed E-state index contributed by atoms with van der Waals surface area (Å²) in [4.78, 5) is 0. The number of nitrogens with two attached hydrogens (primary N) is 1. The highest BCUT2D eigenvalue weighted by Gasteiger charge is 1.95. The Morgan fingerprint density at radius 3 is 2.78 bits per heavy atom. The van der Waals surface area contributed by atoms with Crippen molar-refractivity contribution >= 4 is 0 Å². The molecule has 0 radical (unpaired) electrons. The molecule has 2 heteroatoms. The fourth-order valence-corrected chi connectivity index (χ4v) is 0.506. The van der Waals surface area contributed by atoms with Crippen molar-refractivity contribution in [3.63, 3.8) is 0 Å². The highest BCUT2D eigenvalue weighted by atomic mass is 16.5. The van der Waals surface area contributed by atoms with Gasteiger partial charge in [-0.15, -0.1) is 11.8 Å². The maximum atomic E-state index is 5.54. The summed E-state index contributed by atoms with van der Waals surface area (Å²) in [6.45, 7) is 2.40. The molecular weight excluding hydrogens is 114 g/mol. The molecule has 0 aromatic carbocycles. The van der Waals surface area contributed by atoms with Crippen LogP contribution in [0.5, 0.6) is 0 Å². The van der Waals surface area contributed by atoms with Gasteiger partial charge in [-0.2, -0.15) is 0 Å². The third-order valence-corrected chi connectivity index (χ3v) is 0.922. The van der Waals surface area contributed by atoms with Crippen LogP contribution in [0.25, 0.3) is 0 Å². The van der Waals surface area contributed by atoms with Gasteiger partial charge in [-0.3, -0.25) is 0 Å². The largest absolute Gasteiger partial charge is 0.383 e. The van der Waals surface area contributed by atoms with Crippen molar-refractivity contribution in [3.05, 3.63) is 0 Å². The minimum absolute atomic E-state index is 0.0717. The molecule has 0 saturated carbocycles. The number of hydrogen-bond acceptors (Lipinski definition) is 2. The Morgan fingerprint density at radius 1 is 1.67 bits per heavy atom. The molecule has 0 amide bonds. The van der Waals surface area contributed by atoms with E-state index in [1.54, 1.807) is 14.0 Å². The van der Waals surface area contributed by atoms with E-state index in [1.165, 1.54) is 0 Å². The van der Waals surface area contributed by atoms with Gasteiger partial charge in [-0.25, -0.2) is 0 Å². The number of methoxy groups -OCH3 is 1. The zero-order chi connectivity index (χ0) is 7.11. The Morgan fingerprint density at radius 2 is 2.33 bits per heavy atom. The molecule has 0 aliphatic carbocycles.